The van der Waals surface area contributed by atoms with Crippen molar-refractivity contribution in [2.75, 3.05) is 5.75 Å². The number of nitrogens with zero attached hydrogens (tertiary/aromatic N) is 3. The second kappa shape index (κ2) is 11.1. The molecule has 1 fully saturated rings. The Morgan fingerprint density at radius 3 is 2.81 bits per heavy atom. The molecule has 31 heavy (non-hydrogen) atoms. The minimum absolute atomic E-state index is 0.0219. The van der Waals surface area contributed by atoms with Crippen LogP contribution in [0.25, 0.3) is 0 Å². The van der Waals surface area contributed by atoms with Crippen LogP contribution in [0.15, 0.2) is 42.1 Å². The maximum Gasteiger partial charge on any atom is 0.254 e. The van der Waals surface area contributed by atoms with E-state index in [0.29, 0.717) is 23.4 Å². The first-order chi connectivity index (χ1) is 15.0. The highest BCUT2D eigenvalue weighted by Crippen LogP contribution is 2.24. The van der Waals surface area contributed by atoms with E-state index < -0.39 is 11.7 Å². The molecule has 2 aromatic rings. The highest BCUT2D eigenvalue weighted by Gasteiger charge is 2.23. The molecule has 0 bridgehead atoms. The zero-order valence-corrected chi connectivity index (χ0v) is 18.5. The van der Waals surface area contributed by atoms with Crippen LogP contribution in [0.3, 0.4) is 0 Å². The first kappa shape index (κ1) is 23.0. The number of rotatable bonds is 9. The van der Waals surface area contributed by atoms with E-state index >= 15 is 0 Å². The maximum absolute atomic E-state index is 13.8. The fourth-order valence-corrected chi connectivity index (χ4v) is 4.46. The van der Waals surface area contributed by atoms with Crippen LogP contribution in [0, 0.1) is 11.7 Å². The highest BCUT2D eigenvalue weighted by atomic mass is 32.2. The summed E-state index contributed by atoms with van der Waals surface area (Å²) < 4.78 is 15.6. The Hall–Kier alpha value is -2.68. The van der Waals surface area contributed by atoms with Gasteiger partial charge in [0.25, 0.3) is 5.91 Å². The molecule has 1 aliphatic carbocycles. The molecule has 1 heterocycles. The zero-order chi connectivity index (χ0) is 22.2. The predicted octanol–water partition coefficient (Wildman–Crippen LogP) is 3.32. The standard InChI is InChI=1S/C22H28FN5O2S/c1-3-12-28-19(13-24-21(30)16-9-5-6-10-17(16)23)26-27-22(28)31-14-20(29)25-18-11-7-4-8-15(18)2/h3,5-6,9-10,15,18H,1,4,7-8,11-14H2,2H3,(H,24,30)(H,25,29)/t15-,18-/m0/s1. The number of halogens is 1. The molecule has 1 aliphatic rings. The molecular weight excluding hydrogens is 417 g/mol. The molecule has 2 atom stereocenters. The van der Waals surface area contributed by atoms with Crippen LogP contribution in [0.2, 0.25) is 0 Å². The Labute approximate surface area is 185 Å². The van der Waals surface area contributed by atoms with Crippen LogP contribution in [0.5, 0.6) is 0 Å². The minimum Gasteiger partial charge on any atom is -0.352 e. The molecule has 0 saturated heterocycles. The molecule has 2 amide bonds. The monoisotopic (exact) mass is 445 g/mol. The van der Waals surface area contributed by atoms with Crippen LogP contribution in [0.4, 0.5) is 4.39 Å². The lowest BCUT2D eigenvalue weighted by Gasteiger charge is -2.29. The Morgan fingerprint density at radius 1 is 1.29 bits per heavy atom. The van der Waals surface area contributed by atoms with Gasteiger partial charge in [0.1, 0.15) is 5.82 Å². The van der Waals surface area contributed by atoms with Crippen LogP contribution in [-0.2, 0) is 17.9 Å². The molecule has 1 saturated carbocycles. The molecular formula is C22H28FN5O2S. The van der Waals surface area contributed by atoms with Crippen LogP contribution in [-0.4, -0.2) is 38.4 Å². The Kier molecular flexibility index (Phi) is 8.22. The number of hydrogen-bond acceptors (Lipinski definition) is 5. The molecule has 0 aliphatic heterocycles. The summed E-state index contributed by atoms with van der Waals surface area (Å²) in [4.78, 5) is 24.7. The smallest absolute Gasteiger partial charge is 0.254 e. The van der Waals surface area contributed by atoms with Gasteiger partial charge in [-0.25, -0.2) is 4.39 Å². The summed E-state index contributed by atoms with van der Waals surface area (Å²) in [5.74, 6) is 0.111. The van der Waals surface area contributed by atoms with Gasteiger partial charge >= 0.3 is 0 Å². The molecule has 0 spiro atoms. The Morgan fingerprint density at radius 2 is 2.06 bits per heavy atom. The lowest BCUT2D eigenvalue weighted by atomic mass is 9.86. The maximum atomic E-state index is 13.8. The summed E-state index contributed by atoms with van der Waals surface area (Å²) >= 11 is 1.30. The summed E-state index contributed by atoms with van der Waals surface area (Å²) in [7, 11) is 0. The quantitative estimate of drug-likeness (QED) is 0.457. The van der Waals surface area contributed by atoms with Gasteiger partial charge in [-0.05, 0) is 30.9 Å². The van der Waals surface area contributed by atoms with Gasteiger partial charge in [0.05, 0.1) is 17.9 Å². The molecule has 1 aromatic carbocycles. The zero-order valence-electron chi connectivity index (χ0n) is 17.6. The van der Waals surface area contributed by atoms with Crippen molar-refractivity contribution in [3.63, 3.8) is 0 Å². The fourth-order valence-electron chi connectivity index (χ4n) is 3.68. The first-order valence-corrected chi connectivity index (χ1v) is 11.5. The topological polar surface area (TPSA) is 88.9 Å². The van der Waals surface area contributed by atoms with E-state index in [-0.39, 0.29) is 29.8 Å². The van der Waals surface area contributed by atoms with E-state index in [1.807, 2.05) is 0 Å². The third-order valence-corrected chi connectivity index (χ3v) is 6.39. The lowest BCUT2D eigenvalue weighted by molar-refractivity contribution is -0.119. The molecule has 0 unspecified atom stereocenters. The van der Waals surface area contributed by atoms with Crippen molar-refractivity contribution in [1.82, 2.24) is 25.4 Å². The van der Waals surface area contributed by atoms with Crippen molar-refractivity contribution < 1.29 is 14.0 Å². The fraction of sp³-hybridized carbons (Fsp3) is 0.455. The third kappa shape index (κ3) is 6.16. The van der Waals surface area contributed by atoms with Crippen molar-refractivity contribution in [2.24, 2.45) is 5.92 Å². The summed E-state index contributed by atoms with van der Waals surface area (Å²) in [5, 5.41) is 14.7. The number of carbonyl (C=O) groups excluding carboxylic acids is 2. The van der Waals surface area contributed by atoms with E-state index in [2.05, 4.69) is 34.3 Å². The number of carbonyl (C=O) groups is 2. The van der Waals surface area contributed by atoms with Crippen molar-refractivity contribution in [3.05, 3.63) is 54.1 Å². The number of thioether (sulfide) groups is 1. The average Bonchev–Trinajstić information content (AvgIpc) is 3.14. The summed E-state index contributed by atoms with van der Waals surface area (Å²) in [5.41, 5.74) is -0.0273. The lowest BCUT2D eigenvalue weighted by Crippen LogP contribution is -2.41. The Bertz CT molecular complexity index is 932. The minimum atomic E-state index is -0.581. The van der Waals surface area contributed by atoms with E-state index in [1.165, 1.54) is 36.4 Å². The van der Waals surface area contributed by atoms with Gasteiger partial charge in [0.2, 0.25) is 5.91 Å². The van der Waals surface area contributed by atoms with Crippen molar-refractivity contribution >= 4 is 23.6 Å². The van der Waals surface area contributed by atoms with Gasteiger partial charge in [-0.3, -0.25) is 9.59 Å². The molecule has 7 nitrogen and oxygen atoms in total. The molecule has 3 rings (SSSR count). The van der Waals surface area contributed by atoms with Crippen molar-refractivity contribution in [3.8, 4) is 0 Å². The molecule has 0 radical (unpaired) electrons. The molecule has 1 aromatic heterocycles. The second-order valence-corrected chi connectivity index (χ2v) is 8.63. The largest absolute Gasteiger partial charge is 0.352 e. The van der Waals surface area contributed by atoms with E-state index in [9.17, 15) is 14.0 Å². The van der Waals surface area contributed by atoms with Gasteiger partial charge in [0.15, 0.2) is 11.0 Å². The van der Waals surface area contributed by atoms with Crippen LogP contribution < -0.4 is 10.6 Å². The van der Waals surface area contributed by atoms with Gasteiger partial charge in [-0.1, -0.05) is 49.7 Å². The number of amides is 2. The van der Waals surface area contributed by atoms with Gasteiger partial charge in [-0.15, -0.1) is 16.8 Å². The number of nitrogens with one attached hydrogen (secondary N) is 2. The number of aromatic nitrogens is 3. The average molecular weight is 446 g/mol. The number of allylic oxidation sites excluding steroid dienone is 1. The van der Waals surface area contributed by atoms with Crippen LogP contribution in [0.1, 0.15) is 48.8 Å². The normalized spacial score (nSPS) is 18.4. The van der Waals surface area contributed by atoms with Gasteiger partial charge in [0, 0.05) is 12.6 Å². The highest BCUT2D eigenvalue weighted by molar-refractivity contribution is 7.99. The van der Waals surface area contributed by atoms with Crippen molar-refractivity contribution in [1.29, 1.82) is 0 Å². The first-order valence-electron chi connectivity index (χ1n) is 10.5. The molecule has 9 heteroatoms. The SMILES string of the molecule is C=CCn1c(CNC(=O)c2ccccc2F)nnc1SCC(=O)N[C@H]1CCCC[C@@H]1C. The van der Waals surface area contributed by atoms with Gasteiger partial charge in [-0.2, -0.15) is 0 Å². The van der Waals surface area contributed by atoms with E-state index in [0.717, 1.165) is 19.3 Å². The number of hydrogen-bond donors (Lipinski definition) is 2. The van der Waals surface area contributed by atoms with Crippen LogP contribution >= 0.6 is 11.8 Å². The van der Waals surface area contributed by atoms with Crippen molar-refractivity contribution in [2.45, 2.75) is 56.9 Å². The summed E-state index contributed by atoms with van der Waals surface area (Å²) in [6.45, 7) is 6.45. The molecule has 166 valence electrons. The van der Waals surface area contributed by atoms with Gasteiger partial charge < -0.3 is 15.2 Å². The summed E-state index contributed by atoms with van der Waals surface area (Å²) in [6, 6.07) is 6.03. The second-order valence-electron chi connectivity index (χ2n) is 7.69. The Balaban J connectivity index is 1.58. The summed E-state index contributed by atoms with van der Waals surface area (Å²) in [6.07, 6.45) is 6.24. The number of benzene rings is 1. The molecule has 2 N–H and O–H groups in total. The third-order valence-electron chi connectivity index (χ3n) is 5.42. The van der Waals surface area contributed by atoms with E-state index in [1.54, 1.807) is 16.7 Å². The van der Waals surface area contributed by atoms with E-state index in [4.69, 9.17) is 0 Å². The predicted molar refractivity (Wildman–Crippen MR) is 118 cm³/mol.